The molecule has 0 saturated carbocycles. The molecule has 0 atom stereocenters. The first-order valence-corrected chi connectivity index (χ1v) is 6.64. The molecular formula is C10H14N2O2S2. The predicted molar refractivity (Wildman–Crippen MR) is 67.6 cm³/mol. The Hall–Kier alpha value is -0.430. The summed E-state index contributed by atoms with van der Waals surface area (Å²) in [4.78, 5) is 3.95. The minimum atomic E-state index is -0.0492. The molecule has 6 heteroatoms. The lowest BCUT2D eigenvalue weighted by molar-refractivity contribution is -0.178. The van der Waals surface area contributed by atoms with Crippen LogP contribution in [0.3, 0.4) is 0 Å². The molecule has 0 bridgehead atoms. The van der Waals surface area contributed by atoms with E-state index in [9.17, 15) is 0 Å². The Morgan fingerprint density at radius 3 is 3.00 bits per heavy atom. The number of rotatable bonds is 3. The molecule has 16 heavy (non-hydrogen) atoms. The van der Waals surface area contributed by atoms with E-state index in [-0.39, 0.29) is 6.29 Å². The highest BCUT2D eigenvalue weighted by Gasteiger charge is 2.14. The van der Waals surface area contributed by atoms with Gasteiger partial charge in [0.15, 0.2) is 6.29 Å². The first-order chi connectivity index (χ1) is 7.86. The Labute approximate surface area is 104 Å². The van der Waals surface area contributed by atoms with Crippen molar-refractivity contribution in [2.45, 2.75) is 19.1 Å². The van der Waals surface area contributed by atoms with E-state index in [1.54, 1.807) is 24.3 Å². The van der Waals surface area contributed by atoms with Gasteiger partial charge in [0.25, 0.3) is 0 Å². The lowest BCUT2D eigenvalue weighted by Crippen LogP contribution is -2.25. The Kier molecular flexibility index (Phi) is 4.77. The Morgan fingerprint density at radius 1 is 1.50 bits per heavy atom. The van der Waals surface area contributed by atoms with Crippen molar-refractivity contribution in [3.05, 3.63) is 18.7 Å². The van der Waals surface area contributed by atoms with Gasteiger partial charge in [0.1, 0.15) is 10.6 Å². The van der Waals surface area contributed by atoms with Gasteiger partial charge in [-0.05, 0) is 6.42 Å². The number of hydrogen-bond acceptors (Lipinski definition) is 5. The zero-order chi connectivity index (χ0) is 11.2. The van der Waals surface area contributed by atoms with E-state index >= 15 is 0 Å². The van der Waals surface area contributed by atoms with Crippen molar-refractivity contribution in [1.29, 1.82) is 0 Å². The monoisotopic (exact) mass is 258 g/mol. The van der Waals surface area contributed by atoms with Crippen molar-refractivity contribution in [3.8, 4) is 0 Å². The van der Waals surface area contributed by atoms with Crippen LogP contribution >= 0.6 is 24.0 Å². The predicted octanol–water partition coefficient (Wildman–Crippen LogP) is 1.90. The Bertz CT molecular complexity index is 324. The largest absolute Gasteiger partial charge is 0.353 e. The molecule has 0 spiro atoms. The van der Waals surface area contributed by atoms with Crippen molar-refractivity contribution in [1.82, 2.24) is 9.55 Å². The average Bonchev–Trinajstić information content (AvgIpc) is 2.84. The minimum Gasteiger partial charge on any atom is -0.353 e. The van der Waals surface area contributed by atoms with Crippen LogP contribution in [-0.4, -0.2) is 39.1 Å². The summed E-state index contributed by atoms with van der Waals surface area (Å²) in [6.07, 6.45) is 7.11. The van der Waals surface area contributed by atoms with Gasteiger partial charge in [-0.25, -0.2) is 4.98 Å². The summed E-state index contributed by atoms with van der Waals surface area (Å²) in [5, 5.41) is 0. The molecule has 0 aromatic carbocycles. The van der Waals surface area contributed by atoms with Crippen LogP contribution in [0, 0.1) is 0 Å². The first-order valence-electron chi connectivity index (χ1n) is 5.24. The smallest absolute Gasteiger partial charge is 0.158 e. The summed E-state index contributed by atoms with van der Waals surface area (Å²) in [7, 11) is 0. The third kappa shape index (κ3) is 3.55. The highest BCUT2D eigenvalue weighted by atomic mass is 32.2. The number of thioether (sulfide) groups is 1. The maximum atomic E-state index is 5.45. The maximum Gasteiger partial charge on any atom is 0.158 e. The van der Waals surface area contributed by atoms with Crippen LogP contribution in [-0.2, 0) is 9.47 Å². The quantitative estimate of drug-likeness (QED) is 0.774. The molecule has 1 aromatic heterocycles. The first kappa shape index (κ1) is 12.0. The summed E-state index contributed by atoms with van der Waals surface area (Å²) in [5.74, 6) is 0.904. The van der Waals surface area contributed by atoms with E-state index in [1.807, 2.05) is 10.8 Å². The third-order valence-corrected chi connectivity index (χ3v) is 3.65. The number of ether oxygens (including phenoxy) is 2. The van der Waals surface area contributed by atoms with Crippen molar-refractivity contribution >= 4 is 28.3 Å². The maximum absolute atomic E-state index is 5.45. The highest BCUT2D eigenvalue weighted by Crippen LogP contribution is 2.14. The van der Waals surface area contributed by atoms with Gasteiger partial charge in [-0.15, -0.1) is 0 Å². The Balaban J connectivity index is 1.66. The van der Waals surface area contributed by atoms with Crippen LogP contribution in [0.1, 0.15) is 12.8 Å². The van der Waals surface area contributed by atoms with Crippen LogP contribution in [0.5, 0.6) is 0 Å². The molecule has 1 saturated heterocycles. The van der Waals surface area contributed by atoms with E-state index < -0.39 is 0 Å². The normalized spacial score (nSPS) is 17.5. The fourth-order valence-electron chi connectivity index (χ4n) is 1.39. The van der Waals surface area contributed by atoms with Crippen LogP contribution in [0.15, 0.2) is 18.7 Å². The molecule has 1 aliphatic rings. The third-order valence-electron chi connectivity index (χ3n) is 2.19. The Morgan fingerprint density at radius 2 is 2.31 bits per heavy atom. The van der Waals surface area contributed by atoms with Gasteiger partial charge in [-0.3, -0.25) is 4.57 Å². The highest BCUT2D eigenvalue weighted by molar-refractivity contribution is 8.23. The number of thiocarbonyl (C=S) groups is 1. The fraction of sp³-hybridized carbons (Fsp3) is 0.600. The fourth-order valence-corrected chi connectivity index (χ4v) is 2.49. The van der Waals surface area contributed by atoms with Crippen LogP contribution in [0.25, 0.3) is 0 Å². The SMILES string of the molecule is S=C(SCCC1OCCCO1)n1ccnc1. The van der Waals surface area contributed by atoms with E-state index in [0.29, 0.717) is 0 Å². The van der Waals surface area contributed by atoms with E-state index in [4.69, 9.17) is 21.7 Å². The summed E-state index contributed by atoms with van der Waals surface area (Å²) in [6.45, 7) is 1.61. The lowest BCUT2D eigenvalue weighted by Gasteiger charge is -2.22. The van der Waals surface area contributed by atoms with Crippen LogP contribution in [0.4, 0.5) is 0 Å². The van der Waals surface area contributed by atoms with Gasteiger partial charge in [0.05, 0.1) is 13.2 Å². The zero-order valence-corrected chi connectivity index (χ0v) is 10.5. The number of nitrogens with zero attached hydrogens (tertiary/aromatic N) is 2. The minimum absolute atomic E-state index is 0.0492. The molecule has 2 rings (SSSR count). The topological polar surface area (TPSA) is 36.3 Å². The molecule has 1 aromatic rings. The molecule has 0 amide bonds. The van der Waals surface area contributed by atoms with Crippen LogP contribution in [0.2, 0.25) is 0 Å². The zero-order valence-electron chi connectivity index (χ0n) is 8.87. The van der Waals surface area contributed by atoms with E-state index in [2.05, 4.69) is 4.98 Å². The number of aromatic nitrogens is 2. The molecule has 0 N–H and O–H groups in total. The van der Waals surface area contributed by atoms with Crippen LogP contribution < -0.4 is 0 Å². The second kappa shape index (κ2) is 6.34. The van der Waals surface area contributed by atoms with E-state index in [0.717, 1.165) is 36.1 Å². The number of hydrogen-bond donors (Lipinski definition) is 0. The molecule has 0 unspecified atom stereocenters. The summed E-state index contributed by atoms with van der Waals surface area (Å²) in [5.41, 5.74) is 0. The molecule has 2 heterocycles. The second-order valence-electron chi connectivity index (χ2n) is 3.40. The van der Waals surface area contributed by atoms with Gasteiger partial charge in [-0.1, -0.05) is 24.0 Å². The number of imidazole rings is 1. The van der Waals surface area contributed by atoms with Crippen molar-refractivity contribution in [3.63, 3.8) is 0 Å². The summed E-state index contributed by atoms with van der Waals surface area (Å²) in [6, 6.07) is 0. The van der Waals surface area contributed by atoms with E-state index in [1.165, 1.54) is 0 Å². The standard InChI is InChI=1S/C10H14N2O2S2/c15-10(12-4-3-11-8-12)16-7-2-9-13-5-1-6-14-9/h3-4,8-9H,1-2,5-7H2. The van der Waals surface area contributed by atoms with Gasteiger partial charge in [-0.2, -0.15) is 0 Å². The van der Waals surface area contributed by atoms with Gasteiger partial charge < -0.3 is 9.47 Å². The summed E-state index contributed by atoms with van der Waals surface area (Å²) >= 11 is 6.87. The van der Waals surface area contributed by atoms with Crippen molar-refractivity contribution in [2.75, 3.05) is 19.0 Å². The molecule has 0 aliphatic carbocycles. The van der Waals surface area contributed by atoms with Gasteiger partial charge in [0, 0.05) is 24.6 Å². The lowest BCUT2D eigenvalue weighted by atomic mass is 10.4. The molecule has 1 fully saturated rings. The molecule has 4 nitrogen and oxygen atoms in total. The second-order valence-corrected chi connectivity index (χ2v) is 5.13. The van der Waals surface area contributed by atoms with Gasteiger partial charge >= 0.3 is 0 Å². The molecular weight excluding hydrogens is 244 g/mol. The summed E-state index contributed by atoms with van der Waals surface area (Å²) < 4.78 is 13.6. The van der Waals surface area contributed by atoms with Crippen molar-refractivity contribution < 1.29 is 9.47 Å². The molecule has 88 valence electrons. The van der Waals surface area contributed by atoms with Crippen molar-refractivity contribution in [2.24, 2.45) is 0 Å². The molecule has 1 aliphatic heterocycles. The molecule has 0 radical (unpaired) electrons. The van der Waals surface area contributed by atoms with Gasteiger partial charge in [0.2, 0.25) is 0 Å². The average molecular weight is 258 g/mol.